The standard InChI is InChI=1S/C22H31BrN6O4S/c1-22(2,3)33-21(30)29-7-5-6-14(12-29)24-17-16(19-25-15(23)13-34-19)18(31-4)27-20(26-17)28-8-10-32-11-9-28/h13-14H,5-12H2,1-4H3,(H,24,26,27). The number of rotatable bonds is 5. The summed E-state index contributed by atoms with van der Waals surface area (Å²) in [5, 5.41) is 6.24. The van der Waals surface area contributed by atoms with Crippen LogP contribution in [0.2, 0.25) is 0 Å². The summed E-state index contributed by atoms with van der Waals surface area (Å²) < 4.78 is 17.5. The van der Waals surface area contributed by atoms with Crippen LogP contribution in [-0.4, -0.2) is 84.1 Å². The molecule has 0 bridgehead atoms. The fraction of sp³-hybridized carbons (Fsp3) is 0.636. The average molecular weight is 555 g/mol. The molecule has 186 valence electrons. The zero-order valence-corrected chi connectivity index (χ0v) is 22.4. The van der Waals surface area contributed by atoms with E-state index in [1.165, 1.54) is 11.3 Å². The Labute approximate surface area is 212 Å². The molecule has 1 atom stereocenters. The third kappa shape index (κ3) is 6.08. The highest BCUT2D eigenvalue weighted by Gasteiger charge is 2.30. The minimum atomic E-state index is -0.532. The molecular weight excluding hydrogens is 524 g/mol. The number of ether oxygens (including phenoxy) is 3. The lowest BCUT2D eigenvalue weighted by Crippen LogP contribution is -2.47. The molecule has 34 heavy (non-hydrogen) atoms. The van der Waals surface area contributed by atoms with Gasteiger partial charge >= 0.3 is 6.09 Å². The SMILES string of the molecule is COc1nc(N2CCOCC2)nc(NC2CCCN(C(=O)OC(C)(C)C)C2)c1-c1nc(Br)cs1. The van der Waals surface area contributed by atoms with E-state index >= 15 is 0 Å². The fourth-order valence-corrected chi connectivity index (χ4v) is 5.22. The van der Waals surface area contributed by atoms with Crippen molar-refractivity contribution in [3.05, 3.63) is 9.98 Å². The summed E-state index contributed by atoms with van der Waals surface area (Å²) in [6.45, 7) is 9.50. The molecule has 2 fully saturated rings. The van der Waals surface area contributed by atoms with Gasteiger partial charge in [-0.3, -0.25) is 0 Å². The summed E-state index contributed by atoms with van der Waals surface area (Å²) in [5.41, 5.74) is 0.181. The molecule has 0 radical (unpaired) electrons. The maximum Gasteiger partial charge on any atom is 0.410 e. The zero-order valence-electron chi connectivity index (χ0n) is 20.0. The lowest BCUT2D eigenvalue weighted by molar-refractivity contribution is 0.0206. The number of carbonyl (C=O) groups is 1. The van der Waals surface area contributed by atoms with Gasteiger partial charge in [0.1, 0.15) is 26.6 Å². The number of thiazole rings is 1. The molecule has 2 aromatic heterocycles. The molecule has 0 spiro atoms. The summed E-state index contributed by atoms with van der Waals surface area (Å²) in [7, 11) is 1.60. The number of nitrogens with one attached hydrogen (secondary N) is 1. The number of nitrogens with zero attached hydrogens (tertiary/aromatic N) is 5. The molecule has 2 saturated heterocycles. The van der Waals surface area contributed by atoms with E-state index in [0.29, 0.717) is 62.6 Å². The molecule has 0 aromatic carbocycles. The van der Waals surface area contributed by atoms with Gasteiger partial charge in [0.15, 0.2) is 0 Å². The summed E-state index contributed by atoms with van der Waals surface area (Å²) in [6, 6.07) is 0.000525. The summed E-state index contributed by atoms with van der Waals surface area (Å²) in [5.74, 6) is 1.69. The Kier molecular flexibility index (Phi) is 7.78. The first kappa shape index (κ1) is 24.9. The summed E-state index contributed by atoms with van der Waals surface area (Å²) >= 11 is 4.93. The second-order valence-electron chi connectivity index (χ2n) is 9.24. The Morgan fingerprint density at radius 3 is 2.65 bits per heavy atom. The maximum atomic E-state index is 12.7. The number of piperidine rings is 1. The van der Waals surface area contributed by atoms with E-state index in [2.05, 4.69) is 31.1 Å². The third-order valence-corrected chi connectivity index (χ3v) is 7.02. The Hall–Kier alpha value is -2.18. The second kappa shape index (κ2) is 10.6. The number of hydrogen-bond donors (Lipinski definition) is 1. The van der Waals surface area contributed by atoms with E-state index < -0.39 is 5.60 Å². The van der Waals surface area contributed by atoms with E-state index in [1.807, 2.05) is 26.2 Å². The van der Waals surface area contributed by atoms with Crippen molar-refractivity contribution in [3.8, 4) is 16.5 Å². The average Bonchev–Trinajstić information content (AvgIpc) is 3.24. The molecule has 1 amide bonds. The largest absolute Gasteiger partial charge is 0.480 e. The maximum absolute atomic E-state index is 12.7. The van der Waals surface area contributed by atoms with E-state index in [9.17, 15) is 4.79 Å². The van der Waals surface area contributed by atoms with Gasteiger partial charge in [-0.1, -0.05) is 0 Å². The molecule has 4 rings (SSSR count). The van der Waals surface area contributed by atoms with Crippen molar-refractivity contribution in [2.24, 2.45) is 0 Å². The van der Waals surface area contributed by atoms with Crippen LogP contribution in [0.5, 0.6) is 5.88 Å². The first-order valence-electron chi connectivity index (χ1n) is 11.4. The molecule has 12 heteroatoms. The predicted molar refractivity (Wildman–Crippen MR) is 135 cm³/mol. The lowest BCUT2D eigenvalue weighted by Gasteiger charge is -2.35. The van der Waals surface area contributed by atoms with Crippen LogP contribution in [0.15, 0.2) is 9.98 Å². The van der Waals surface area contributed by atoms with E-state index in [-0.39, 0.29) is 12.1 Å². The number of carbonyl (C=O) groups excluding carboxylic acids is 1. The minimum absolute atomic E-state index is 0.000525. The number of methoxy groups -OCH3 is 1. The Morgan fingerprint density at radius 1 is 1.24 bits per heavy atom. The van der Waals surface area contributed by atoms with E-state index in [4.69, 9.17) is 24.2 Å². The molecule has 0 aliphatic carbocycles. The normalized spacial score (nSPS) is 19.1. The molecule has 10 nitrogen and oxygen atoms in total. The smallest absolute Gasteiger partial charge is 0.410 e. The van der Waals surface area contributed by atoms with Gasteiger partial charge < -0.3 is 29.3 Å². The topological polar surface area (TPSA) is 102 Å². The van der Waals surface area contributed by atoms with Crippen LogP contribution in [0.25, 0.3) is 10.6 Å². The first-order valence-corrected chi connectivity index (χ1v) is 13.1. The molecule has 1 unspecified atom stereocenters. The highest BCUT2D eigenvalue weighted by molar-refractivity contribution is 9.10. The van der Waals surface area contributed by atoms with Gasteiger partial charge in [-0.25, -0.2) is 9.78 Å². The van der Waals surface area contributed by atoms with Crippen molar-refractivity contribution >= 4 is 45.1 Å². The van der Waals surface area contributed by atoms with Gasteiger partial charge in [0.2, 0.25) is 11.8 Å². The van der Waals surface area contributed by atoms with Crippen LogP contribution in [0.1, 0.15) is 33.6 Å². The highest BCUT2D eigenvalue weighted by Crippen LogP contribution is 2.39. The highest BCUT2D eigenvalue weighted by atomic mass is 79.9. The number of likely N-dealkylation sites (tertiary alicyclic amines) is 1. The van der Waals surface area contributed by atoms with Crippen LogP contribution < -0.4 is 15.0 Å². The fourth-order valence-electron chi connectivity index (χ4n) is 3.93. The number of halogens is 1. The molecule has 1 N–H and O–H groups in total. The monoisotopic (exact) mass is 554 g/mol. The first-order chi connectivity index (χ1) is 16.2. The number of morpholine rings is 1. The molecule has 2 aliphatic heterocycles. The van der Waals surface area contributed by atoms with Crippen LogP contribution in [-0.2, 0) is 9.47 Å². The molecule has 0 saturated carbocycles. The van der Waals surface area contributed by atoms with Gasteiger partial charge in [-0.15, -0.1) is 11.3 Å². The number of amides is 1. The molecule has 4 heterocycles. The molecule has 2 aliphatic rings. The van der Waals surface area contributed by atoms with Gasteiger partial charge in [0, 0.05) is 37.6 Å². The van der Waals surface area contributed by atoms with E-state index in [1.54, 1.807) is 12.0 Å². The lowest BCUT2D eigenvalue weighted by atomic mass is 10.1. The van der Waals surface area contributed by atoms with Crippen molar-refractivity contribution in [2.75, 3.05) is 56.7 Å². The van der Waals surface area contributed by atoms with Crippen LogP contribution in [0.3, 0.4) is 0 Å². The van der Waals surface area contributed by atoms with Crippen molar-refractivity contribution in [3.63, 3.8) is 0 Å². The van der Waals surface area contributed by atoms with Crippen LogP contribution in [0, 0.1) is 0 Å². The van der Waals surface area contributed by atoms with Crippen LogP contribution >= 0.6 is 27.3 Å². The number of anilines is 2. The second-order valence-corrected chi connectivity index (χ2v) is 10.9. The Bertz CT molecular complexity index is 1010. The van der Waals surface area contributed by atoms with Gasteiger partial charge in [-0.2, -0.15) is 9.97 Å². The number of hydrogen-bond acceptors (Lipinski definition) is 10. The summed E-state index contributed by atoms with van der Waals surface area (Å²) in [6.07, 6.45) is 1.48. The van der Waals surface area contributed by atoms with Crippen LogP contribution in [0.4, 0.5) is 16.6 Å². The zero-order chi connectivity index (χ0) is 24.3. The van der Waals surface area contributed by atoms with Gasteiger partial charge in [0.05, 0.1) is 20.3 Å². The molecular formula is C22H31BrN6O4S. The van der Waals surface area contributed by atoms with Gasteiger partial charge in [0.25, 0.3) is 0 Å². The summed E-state index contributed by atoms with van der Waals surface area (Å²) in [4.78, 5) is 30.7. The third-order valence-electron chi connectivity index (χ3n) is 5.46. The predicted octanol–water partition coefficient (Wildman–Crippen LogP) is 4.02. The minimum Gasteiger partial charge on any atom is -0.480 e. The van der Waals surface area contributed by atoms with Crippen molar-refractivity contribution in [1.82, 2.24) is 19.9 Å². The number of aromatic nitrogens is 3. The quantitative estimate of drug-likeness (QED) is 0.586. The van der Waals surface area contributed by atoms with E-state index in [0.717, 1.165) is 22.5 Å². The van der Waals surface area contributed by atoms with Crippen molar-refractivity contribution in [1.29, 1.82) is 0 Å². The van der Waals surface area contributed by atoms with Gasteiger partial charge in [-0.05, 0) is 49.5 Å². The van der Waals surface area contributed by atoms with Crippen molar-refractivity contribution < 1.29 is 19.0 Å². The Morgan fingerprint density at radius 2 is 2.00 bits per heavy atom. The molecule has 2 aromatic rings. The Balaban J connectivity index is 1.64. The van der Waals surface area contributed by atoms with Crippen molar-refractivity contribution in [2.45, 2.75) is 45.3 Å².